The van der Waals surface area contributed by atoms with Crippen LogP contribution in [-0.2, 0) is 16.0 Å². The molecule has 0 amide bonds. The van der Waals surface area contributed by atoms with Gasteiger partial charge < -0.3 is 15.2 Å². The molecule has 0 heterocycles. The van der Waals surface area contributed by atoms with Crippen LogP contribution in [0.5, 0.6) is 5.75 Å². The van der Waals surface area contributed by atoms with Gasteiger partial charge in [-0.3, -0.25) is 0 Å². The van der Waals surface area contributed by atoms with Crippen molar-refractivity contribution >= 4 is 5.97 Å². The lowest BCUT2D eigenvalue weighted by Crippen LogP contribution is -2.19. The van der Waals surface area contributed by atoms with Gasteiger partial charge in [-0.05, 0) is 36.5 Å². The molecule has 4 heteroatoms. The van der Waals surface area contributed by atoms with Crippen LogP contribution in [0.2, 0.25) is 0 Å². The van der Waals surface area contributed by atoms with Crippen molar-refractivity contribution in [1.29, 1.82) is 0 Å². The summed E-state index contributed by atoms with van der Waals surface area (Å²) in [4.78, 5) is 11.0. The summed E-state index contributed by atoms with van der Waals surface area (Å²) in [5.74, 6) is 0.380. The molecule has 1 aromatic carbocycles. The van der Waals surface area contributed by atoms with Crippen LogP contribution in [0.25, 0.3) is 0 Å². The highest BCUT2D eigenvalue weighted by atomic mass is 16.6. The summed E-state index contributed by atoms with van der Waals surface area (Å²) in [5.41, 5.74) is 8.32. The third-order valence-electron chi connectivity index (χ3n) is 3.08. The molecule has 0 radical (unpaired) electrons. The van der Waals surface area contributed by atoms with Crippen LogP contribution >= 0.6 is 0 Å². The van der Waals surface area contributed by atoms with Crippen LogP contribution in [-0.4, -0.2) is 19.7 Å². The van der Waals surface area contributed by atoms with E-state index in [0.29, 0.717) is 0 Å². The Labute approximate surface area is 101 Å². The third-order valence-corrected chi connectivity index (χ3v) is 3.08. The Hall–Kier alpha value is -1.55. The van der Waals surface area contributed by atoms with Crippen LogP contribution in [0.3, 0.4) is 0 Å². The summed E-state index contributed by atoms with van der Waals surface area (Å²) < 4.78 is 10.0. The monoisotopic (exact) mass is 235 g/mol. The van der Waals surface area contributed by atoms with Crippen LogP contribution < -0.4 is 10.5 Å². The molecule has 17 heavy (non-hydrogen) atoms. The second-order valence-corrected chi connectivity index (χ2v) is 4.19. The Morgan fingerprint density at radius 2 is 2.35 bits per heavy atom. The number of benzene rings is 1. The van der Waals surface area contributed by atoms with Crippen molar-refractivity contribution in [2.45, 2.75) is 25.3 Å². The Morgan fingerprint density at radius 1 is 1.53 bits per heavy atom. The number of fused-ring (bicyclic) bond motifs is 1. The van der Waals surface area contributed by atoms with E-state index < -0.39 is 0 Å². The molecule has 0 aromatic heterocycles. The second-order valence-electron chi connectivity index (χ2n) is 4.19. The van der Waals surface area contributed by atoms with Gasteiger partial charge in [-0.15, -0.1) is 0 Å². The van der Waals surface area contributed by atoms with E-state index in [2.05, 4.69) is 4.74 Å². The minimum Gasteiger partial charge on any atom is -0.482 e. The average Bonchev–Trinajstić information content (AvgIpc) is 2.36. The number of carbonyl (C=O) groups excluding carboxylic acids is 1. The number of carbonyl (C=O) groups is 1. The van der Waals surface area contributed by atoms with E-state index in [1.165, 1.54) is 7.11 Å². The maximum absolute atomic E-state index is 11.0. The van der Waals surface area contributed by atoms with E-state index >= 15 is 0 Å². The van der Waals surface area contributed by atoms with Crippen molar-refractivity contribution in [1.82, 2.24) is 0 Å². The predicted molar refractivity (Wildman–Crippen MR) is 63.8 cm³/mol. The van der Waals surface area contributed by atoms with Crippen LogP contribution in [0.4, 0.5) is 0 Å². The predicted octanol–water partition coefficient (Wildman–Crippen LogP) is 1.57. The van der Waals surface area contributed by atoms with Crippen molar-refractivity contribution in [3.8, 4) is 5.75 Å². The standard InChI is InChI=1S/C13H17NO3/c1-16-13(15)8-17-12-7-3-4-9-10(12)5-2-6-11(9)14/h3-4,7,11H,2,5-6,8,14H2,1H3. The van der Waals surface area contributed by atoms with Crippen LogP contribution in [0, 0.1) is 0 Å². The zero-order valence-electron chi connectivity index (χ0n) is 9.94. The van der Waals surface area contributed by atoms with Gasteiger partial charge in [-0.1, -0.05) is 12.1 Å². The molecule has 0 saturated carbocycles. The fourth-order valence-electron chi connectivity index (χ4n) is 2.18. The molecule has 4 nitrogen and oxygen atoms in total. The van der Waals surface area contributed by atoms with E-state index in [0.717, 1.165) is 36.1 Å². The molecule has 92 valence electrons. The highest BCUT2D eigenvalue weighted by Gasteiger charge is 2.20. The van der Waals surface area contributed by atoms with Gasteiger partial charge in [-0.2, -0.15) is 0 Å². The lowest BCUT2D eigenvalue weighted by molar-refractivity contribution is -0.142. The number of hydrogen-bond acceptors (Lipinski definition) is 4. The van der Waals surface area contributed by atoms with E-state index in [-0.39, 0.29) is 18.6 Å². The van der Waals surface area contributed by atoms with E-state index in [1.54, 1.807) is 0 Å². The number of nitrogens with two attached hydrogens (primary N) is 1. The molecule has 2 N–H and O–H groups in total. The fraction of sp³-hybridized carbons (Fsp3) is 0.462. The summed E-state index contributed by atoms with van der Waals surface area (Å²) in [5, 5.41) is 0. The van der Waals surface area contributed by atoms with Crippen molar-refractivity contribution in [3.63, 3.8) is 0 Å². The Bertz CT molecular complexity index is 417. The minimum absolute atomic E-state index is 0.0534. The molecule has 1 aliphatic carbocycles. The molecule has 0 fully saturated rings. The van der Waals surface area contributed by atoms with Gasteiger partial charge in [0.25, 0.3) is 0 Å². The number of ether oxygens (including phenoxy) is 2. The highest BCUT2D eigenvalue weighted by Crippen LogP contribution is 2.33. The van der Waals surface area contributed by atoms with Crippen molar-refractivity contribution in [3.05, 3.63) is 29.3 Å². The van der Waals surface area contributed by atoms with E-state index in [9.17, 15) is 4.79 Å². The molecular formula is C13H17NO3. The first-order valence-corrected chi connectivity index (χ1v) is 5.79. The first kappa shape index (κ1) is 11.9. The number of methoxy groups -OCH3 is 1. The van der Waals surface area contributed by atoms with Crippen LogP contribution in [0.15, 0.2) is 18.2 Å². The van der Waals surface area contributed by atoms with Gasteiger partial charge in [0.05, 0.1) is 7.11 Å². The molecule has 1 aromatic rings. The maximum Gasteiger partial charge on any atom is 0.343 e. The molecule has 0 saturated heterocycles. The number of esters is 1. The first-order chi connectivity index (χ1) is 8.22. The topological polar surface area (TPSA) is 61.5 Å². The zero-order chi connectivity index (χ0) is 12.3. The molecule has 0 aliphatic heterocycles. The van der Waals surface area contributed by atoms with Gasteiger partial charge >= 0.3 is 5.97 Å². The summed E-state index contributed by atoms with van der Waals surface area (Å²) in [7, 11) is 1.35. The van der Waals surface area contributed by atoms with Crippen LogP contribution in [0.1, 0.15) is 30.0 Å². The SMILES string of the molecule is COC(=O)COc1cccc2c1CCCC2N. The fourth-order valence-corrected chi connectivity index (χ4v) is 2.18. The van der Waals surface area contributed by atoms with Gasteiger partial charge in [0.15, 0.2) is 6.61 Å². The summed E-state index contributed by atoms with van der Waals surface area (Å²) >= 11 is 0. The number of rotatable bonds is 3. The number of hydrogen-bond donors (Lipinski definition) is 1. The molecular weight excluding hydrogens is 218 g/mol. The first-order valence-electron chi connectivity index (χ1n) is 5.79. The lowest BCUT2D eigenvalue weighted by Gasteiger charge is -2.24. The zero-order valence-corrected chi connectivity index (χ0v) is 9.94. The minimum atomic E-state index is -0.372. The summed E-state index contributed by atoms with van der Waals surface area (Å²) in [6.45, 7) is -0.0534. The van der Waals surface area contributed by atoms with Crippen molar-refractivity contribution in [2.75, 3.05) is 13.7 Å². The normalized spacial score (nSPS) is 18.4. The Balaban J connectivity index is 2.17. The molecule has 1 unspecified atom stereocenters. The van der Waals surface area contributed by atoms with Crippen molar-refractivity contribution < 1.29 is 14.3 Å². The van der Waals surface area contributed by atoms with Gasteiger partial charge in [0.1, 0.15) is 5.75 Å². The quantitative estimate of drug-likeness (QED) is 0.808. The van der Waals surface area contributed by atoms with Crippen molar-refractivity contribution in [2.24, 2.45) is 5.73 Å². The molecule has 1 atom stereocenters. The smallest absolute Gasteiger partial charge is 0.343 e. The third kappa shape index (κ3) is 2.58. The molecule has 2 rings (SSSR count). The van der Waals surface area contributed by atoms with E-state index in [4.69, 9.17) is 10.5 Å². The molecule has 0 bridgehead atoms. The molecule has 0 spiro atoms. The second kappa shape index (κ2) is 5.19. The van der Waals surface area contributed by atoms with Gasteiger partial charge in [0, 0.05) is 6.04 Å². The largest absolute Gasteiger partial charge is 0.482 e. The lowest BCUT2D eigenvalue weighted by atomic mass is 9.88. The van der Waals surface area contributed by atoms with E-state index in [1.807, 2.05) is 18.2 Å². The maximum atomic E-state index is 11.0. The summed E-state index contributed by atoms with van der Waals surface area (Å²) in [6.07, 6.45) is 3.03. The Kier molecular flexibility index (Phi) is 3.64. The van der Waals surface area contributed by atoms with Gasteiger partial charge in [-0.25, -0.2) is 4.79 Å². The highest BCUT2D eigenvalue weighted by molar-refractivity contribution is 5.71. The van der Waals surface area contributed by atoms with Gasteiger partial charge in [0.2, 0.25) is 0 Å². The Morgan fingerprint density at radius 3 is 3.12 bits per heavy atom. The average molecular weight is 235 g/mol. The summed E-state index contributed by atoms with van der Waals surface area (Å²) in [6, 6.07) is 5.90. The molecule has 1 aliphatic rings.